The van der Waals surface area contributed by atoms with Crippen molar-refractivity contribution in [3.63, 3.8) is 0 Å². The van der Waals surface area contributed by atoms with Gasteiger partial charge >= 0.3 is 6.09 Å². The molecule has 2 aromatic heterocycles. The van der Waals surface area contributed by atoms with Gasteiger partial charge in [0.1, 0.15) is 16.9 Å². The highest BCUT2D eigenvalue weighted by molar-refractivity contribution is 6.06. The zero-order chi connectivity index (χ0) is 22.4. The van der Waals surface area contributed by atoms with Gasteiger partial charge in [0.2, 0.25) is 0 Å². The van der Waals surface area contributed by atoms with Crippen LogP contribution in [-0.4, -0.2) is 59.7 Å². The molecule has 0 aliphatic heterocycles. The number of hydrogen-bond donors (Lipinski definition) is 2. The molecule has 0 fully saturated rings. The standard InChI is InChI=1S/C22H31N5O4/c1-22(2,3)31-21(28)24-10-13-30-14-11-27-17(9-12-29-4)26-18-19(27)15-7-5-6-8-16(15)25-20(18)23/h5-8H,9-14H2,1-4H3,(H2,23,25)(H,24,28). The Labute approximate surface area is 181 Å². The number of rotatable bonds is 9. The molecule has 1 amide bonds. The predicted octanol–water partition coefficient (Wildman–Crippen LogP) is 2.90. The van der Waals surface area contributed by atoms with E-state index >= 15 is 0 Å². The van der Waals surface area contributed by atoms with E-state index in [2.05, 4.69) is 14.9 Å². The largest absolute Gasteiger partial charge is 0.444 e. The van der Waals surface area contributed by atoms with Gasteiger partial charge in [0, 0.05) is 32.0 Å². The molecular formula is C22H31N5O4. The maximum absolute atomic E-state index is 11.7. The van der Waals surface area contributed by atoms with Crippen LogP contribution in [0.15, 0.2) is 24.3 Å². The second-order valence-electron chi connectivity index (χ2n) is 8.17. The normalized spacial score (nSPS) is 11.9. The number of alkyl carbamates (subject to hydrolysis) is 1. The van der Waals surface area contributed by atoms with E-state index in [1.165, 1.54) is 0 Å². The van der Waals surface area contributed by atoms with Crippen molar-refractivity contribution in [3.8, 4) is 0 Å². The molecule has 0 radical (unpaired) electrons. The van der Waals surface area contributed by atoms with Crippen LogP contribution >= 0.6 is 0 Å². The molecule has 0 unspecified atom stereocenters. The molecule has 3 aromatic rings. The maximum atomic E-state index is 11.7. The number of nitrogens with zero attached hydrogens (tertiary/aromatic N) is 3. The highest BCUT2D eigenvalue weighted by Gasteiger charge is 2.17. The molecule has 31 heavy (non-hydrogen) atoms. The third-order valence-electron chi connectivity index (χ3n) is 4.59. The lowest BCUT2D eigenvalue weighted by atomic mass is 10.2. The molecule has 2 heterocycles. The summed E-state index contributed by atoms with van der Waals surface area (Å²) in [6.07, 6.45) is 0.201. The fraction of sp³-hybridized carbons (Fsp3) is 0.500. The Bertz CT molecular complexity index is 1040. The Hall–Kier alpha value is -2.91. The molecular weight excluding hydrogens is 398 g/mol. The lowest BCUT2D eigenvalue weighted by Gasteiger charge is -2.19. The zero-order valence-electron chi connectivity index (χ0n) is 18.6. The van der Waals surface area contributed by atoms with E-state index < -0.39 is 11.7 Å². The van der Waals surface area contributed by atoms with E-state index in [0.29, 0.717) is 50.7 Å². The zero-order valence-corrected chi connectivity index (χ0v) is 18.6. The molecule has 168 valence electrons. The summed E-state index contributed by atoms with van der Waals surface area (Å²) in [6.45, 7) is 7.82. The topological polar surface area (TPSA) is 114 Å². The smallest absolute Gasteiger partial charge is 0.407 e. The van der Waals surface area contributed by atoms with Gasteiger partial charge in [0.25, 0.3) is 0 Å². The first kappa shape index (κ1) is 22.8. The number of methoxy groups -OCH3 is 1. The van der Waals surface area contributed by atoms with Gasteiger partial charge in [-0.1, -0.05) is 18.2 Å². The Kier molecular flexibility index (Phi) is 7.29. The van der Waals surface area contributed by atoms with Crippen LogP contribution < -0.4 is 11.1 Å². The number of benzene rings is 1. The number of fused-ring (bicyclic) bond motifs is 3. The van der Waals surface area contributed by atoms with Crippen LogP contribution in [0.2, 0.25) is 0 Å². The van der Waals surface area contributed by atoms with Gasteiger partial charge < -0.3 is 29.8 Å². The van der Waals surface area contributed by atoms with E-state index in [-0.39, 0.29) is 0 Å². The third kappa shape index (κ3) is 5.83. The van der Waals surface area contributed by atoms with Crippen molar-refractivity contribution in [1.82, 2.24) is 19.9 Å². The van der Waals surface area contributed by atoms with E-state index in [1.54, 1.807) is 7.11 Å². The minimum atomic E-state index is -0.522. The Balaban J connectivity index is 1.69. The lowest BCUT2D eigenvalue weighted by molar-refractivity contribution is 0.0497. The van der Waals surface area contributed by atoms with Crippen molar-refractivity contribution >= 4 is 33.8 Å². The first-order valence-corrected chi connectivity index (χ1v) is 10.4. The van der Waals surface area contributed by atoms with Crippen LogP contribution in [0.1, 0.15) is 26.6 Å². The van der Waals surface area contributed by atoms with Crippen LogP contribution in [0.25, 0.3) is 21.9 Å². The molecule has 3 N–H and O–H groups in total. The number of para-hydroxylation sites is 1. The summed E-state index contributed by atoms with van der Waals surface area (Å²) in [5, 5.41) is 3.68. The van der Waals surface area contributed by atoms with Gasteiger partial charge in [0.15, 0.2) is 5.82 Å². The second kappa shape index (κ2) is 9.93. The highest BCUT2D eigenvalue weighted by Crippen LogP contribution is 2.28. The number of hydrogen-bond acceptors (Lipinski definition) is 7. The van der Waals surface area contributed by atoms with Gasteiger partial charge in [0.05, 0.1) is 30.9 Å². The maximum Gasteiger partial charge on any atom is 0.407 e. The number of imidazole rings is 1. The number of ether oxygens (including phenoxy) is 3. The fourth-order valence-corrected chi connectivity index (χ4v) is 3.33. The molecule has 0 atom stereocenters. The minimum absolute atomic E-state index is 0.371. The van der Waals surface area contributed by atoms with E-state index in [1.807, 2.05) is 45.0 Å². The number of pyridine rings is 1. The number of carbonyl (C=O) groups is 1. The summed E-state index contributed by atoms with van der Waals surface area (Å²) in [4.78, 5) is 20.9. The molecule has 0 bridgehead atoms. The predicted molar refractivity (Wildman–Crippen MR) is 120 cm³/mol. The number of carbonyl (C=O) groups excluding carboxylic acids is 1. The Morgan fingerprint density at radius 3 is 2.68 bits per heavy atom. The molecule has 0 aliphatic rings. The van der Waals surface area contributed by atoms with Crippen LogP contribution in [-0.2, 0) is 27.2 Å². The first-order valence-electron chi connectivity index (χ1n) is 10.4. The SMILES string of the molecule is COCCc1nc2c(N)nc3ccccc3c2n1CCOCCNC(=O)OC(C)(C)C. The molecule has 0 saturated carbocycles. The van der Waals surface area contributed by atoms with Crippen molar-refractivity contribution in [3.05, 3.63) is 30.1 Å². The van der Waals surface area contributed by atoms with Crippen molar-refractivity contribution in [1.29, 1.82) is 0 Å². The molecule has 0 spiro atoms. The van der Waals surface area contributed by atoms with Crippen molar-refractivity contribution in [2.45, 2.75) is 39.3 Å². The highest BCUT2D eigenvalue weighted by atomic mass is 16.6. The molecule has 0 aliphatic carbocycles. The average Bonchev–Trinajstić information content (AvgIpc) is 3.07. The third-order valence-corrected chi connectivity index (χ3v) is 4.59. The number of anilines is 1. The average molecular weight is 430 g/mol. The lowest BCUT2D eigenvalue weighted by Crippen LogP contribution is -2.34. The van der Waals surface area contributed by atoms with Gasteiger partial charge in [-0.3, -0.25) is 0 Å². The molecule has 1 aromatic carbocycles. The number of nitrogen functional groups attached to an aromatic ring is 1. The van der Waals surface area contributed by atoms with Crippen LogP contribution in [0, 0.1) is 0 Å². The number of amides is 1. The minimum Gasteiger partial charge on any atom is -0.444 e. The number of aromatic nitrogens is 3. The van der Waals surface area contributed by atoms with E-state index in [9.17, 15) is 4.79 Å². The summed E-state index contributed by atoms with van der Waals surface area (Å²) in [5.41, 5.74) is 8.14. The summed E-state index contributed by atoms with van der Waals surface area (Å²) in [5.74, 6) is 1.28. The first-order chi connectivity index (χ1) is 14.8. The fourth-order valence-electron chi connectivity index (χ4n) is 3.33. The Morgan fingerprint density at radius 2 is 1.94 bits per heavy atom. The van der Waals surface area contributed by atoms with E-state index in [4.69, 9.17) is 24.9 Å². The van der Waals surface area contributed by atoms with Crippen LogP contribution in [0.5, 0.6) is 0 Å². The van der Waals surface area contributed by atoms with Gasteiger partial charge in [-0.15, -0.1) is 0 Å². The van der Waals surface area contributed by atoms with Crippen molar-refractivity contribution in [2.24, 2.45) is 0 Å². The summed E-state index contributed by atoms with van der Waals surface area (Å²) in [7, 11) is 1.67. The molecule has 3 rings (SSSR count). The van der Waals surface area contributed by atoms with Gasteiger partial charge in [-0.05, 0) is 26.8 Å². The van der Waals surface area contributed by atoms with Gasteiger partial charge in [-0.25, -0.2) is 14.8 Å². The molecule has 9 heteroatoms. The quantitative estimate of drug-likeness (QED) is 0.503. The second-order valence-corrected chi connectivity index (χ2v) is 8.17. The van der Waals surface area contributed by atoms with Crippen LogP contribution in [0.4, 0.5) is 10.6 Å². The summed E-state index contributed by atoms with van der Waals surface area (Å²) < 4.78 is 18.3. The number of nitrogens with one attached hydrogen (secondary N) is 1. The van der Waals surface area contributed by atoms with E-state index in [0.717, 1.165) is 22.2 Å². The summed E-state index contributed by atoms with van der Waals surface area (Å²) >= 11 is 0. The summed E-state index contributed by atoms with van der Waals surface area (Å²) in [6, 6.07) is 7.88. The van der Waals surface area contributed by atoms with Crippen molar-refractivity contribution < 1.29 is 19.0 Å². The molecule has 0 saturated heterocycles. The van der Waals surface area contributed by atoms with Gasteiger partial charge in [-0.2, -0.15) is 0 Å². The molecule has 9 nitrogen and oxygen atoms in total. The Morgan fingerprint density at radius 1 is 1.16 bits per heavy atom. The van der Waals surface area contributed by atoms with Crippen molar-refractivity contribution in [2.75, 3.05) is 39.2 Å². The monoisotopic (exact) mass is 429 g/mol. The van der Waals surface area contributed by atoms with Crippen LogP contribution in [0.3, 0.4) is 0 Å². The number of nitrogens with two attached hydrogens (primary N) is 1.